The monoisotopic (exact) mass is 372 g/mol. The highest BCUT2D eigenvalue weighted by atomic mass is 35.5. The predicted octanol–water partition coefficient (Wildman–Crippen LogP) is 1.73. The van der Waals surface area contributed by atoms with Crippen LogP contribution in [0.5, 0.6) is 0 Å². The average molecular weight is 373 g/mol. The fraction of sp³-hybridized carbons (Fsp3) is 0.474. The number of imidazole rings is 1. The van der Waals surface area contributed by atoms with E-state index in [9.17, 15) is 9.59 Å². The van der Waals surface area contributed by atoms with Crippen LogP contribution in [0.3, 0.4) is 0 Å². The number of likely N-dealkylation sites (N-methyl/N-ethyl adjacent to an activating group) is 1. The van der Waals surface area contributed by atoms with Crippen LogP contribution in [0.4, 0.5) is 0 Å². The molecule has 0 bridgehead atoms. The molecule has 0 N–H and O–H groups in total. The normalized spacial score (nSPS) is 20.4. The highest BCUT2D eigenvalue weighted by molar-refractivity contribution is 6.30. The number of hydrogen-bond donors (Lipinski definition) is 0. The molecular weight excluding hydrogens is 352 g/mol. The lowest BCUT2D eigenvalue weighted by molar-refractivity contribution is -0.124. The molecule has 26 heavy (non-hydrogen) atoms. The van der Waals surface area contributed by atoms with Crippen molar-refractivity contribution in [1.29, 1.82) is 0 Å². The molecule has 0 aromatic carbocycles. The molecule has 1 atom stereocenters. The summed E-state index contributed by atoms with van der Waals surface area (Å²) in [5, 5.41) is 0.189. The third-order valence-corrected chi connectivity index (χ3v) is 5.61. The molecule has 0 radical (unpaired) electrons. The smallest absolute Gasteiger partial charge is 0.296 e. The van der Waals surface area contributed by atoms with Crippen molar-refractivity contribution in [2.75, 3.05) is 14.1 Å². The van der Waals surface area contributed by atoms with E-state index in [1.54, 1.807) is 32.4 Å². The van der Waals surface area contributed by atoms with Gasteiger partial charge < -0.3 is 4.90 Å². The van der Waals surface area contributed by atoms with Crippen molar-refractivity contribution >= 4 is 35.2 Å². The first-order valence-electron chi connectivity index (χ1n) is 8.98. The molecule has 0 saturated heterocycles. The summed E-state index contributed by atoms with van der Waals surface area (Å²) in [6.07, 6.45) is 10.8. The van der Waals surface area contributed by atoms with E-state index in [0.717, 1.165) is 24.0 Å². The number of halogens is 1. The van der Waals surface area contributed by atoms with Gasteiger partial charge in [0.1, 0.15) is 11.3 Å². The Kier molecular flexibility index (Phi) is 4.31. The van der Waals surface area contributed by atoms with E-state index in [-0.39, 0.29) is 11.5 Å². The molecule has 7 heteroatoms. The zero-order chi connectivity index (χ0) is 18.4. The summed E-state index contributed by atoms with van der Waals surface area (Å²) in [5.41, 5.74) is 1.06. The number of amides is 1. The molecule has 2 aliphatic rings. The lowest BCUT2D eigenvalue weighted by Gasteiger charge is -2.22. The van der Waals surface area contributed by atoms with Crippen LogP contribution in [0.1, 0.15) is 49.5 Å². The van der Waals surface area contributed by atoms with Gasteiger partial charge in [0.2, 0.25) is 0 Å². The number of alkyl halides is 1. The maximum absolute atomic E-state index is 12.5. The van der Waals surface area contributed by atoms with Crippen molar-refractivity contribution in [3.8, 4) is 0 Å². The van der Waals surface area contributed by atoms with E-state index in [1.807, 2.05) is 4.40 Å². The van der Waals surface area contributed by atoms with Crippen LogP contribution in [0.25, 0.3) is 17.7 Å². The molecule has 4 rings (SSSR count). The topological polar surface area (TPSA) is 67.6 Å². The van der Waals surface area contributed by atoms with E-state index in [2.05, 4.69) is 9.97 Å². The minimum Gasteiger partial charge on any atom is -0.345 e. The van der Waals surface area contributed by atoms with E-state index in [1.165, 1.54) is 24.2 Å². The van der Waals surface area contributed by atoms with Gasteiger partial charge in [-0.05, 0) is 25.0 Å². The summed E-state index contributed by atoms with van der Waals surface area (Å²) in [6, 6.07) is 0. The Bertz CT molecular complexity index is 1020. The Morgan fingerprint density at radius 3 is 2.69 bits per heavy atom. The van der Waals surface area contributed by atoms with Gasteiger partial charge in [-0.2, -0.15) is 0 Å². The molecule has 2 aromatic rings. The molecule has 1 unspecified atom stereocenters. The van der Waals surface area contributed by atoms with Gasteiger partial charge in [-0.3, -0.25) is 14.0 Å². The van der Waals surface area contributed by atoms with Crippen LogP contribution < -0.4 is 10.9 Å². The second kappa shape index (κ2) is 6.50. The molecule has 1 fully saturated rings. The van der Waals surface area contributed by atoms with Crippen LogP contribution in [0.2, 0.25) is 0 Å². The van der Waals surface area contributed by atoms with Crippen LogP contribution in [-0.4, -0.2) is 44.6 Å². The largest absolute Gasteiger partial charge is 0.345 e. The molecule has 0 aliphatic heterocycles. The first-order chi connectivity index (χ1) is 12.5. The lowest BCUT2D eigenvalue weighted by atomic mass is 9.88. The summed E-state index contributed by atoms with van der Waals surface area (Å²) >= 11 is 6.48. The number of carbonyl (C=O) groups excluding carboxylic acids is 1. The number of aromatic nitrogens is 3. The molecule has 1 amide bonds. The highest BCUT2D eigenvalue weighted by Gasteiger charge is 2.26. The number of nitrogens with zero attached hydrogens (tertiary/aromatic N) is 4. The van der Waals surface area contributed by atoms with Gasteiger partial charge in [-0.1, -0.05) is 19.3 Å². The van der Waals surface area contributed by atoms with Gasteiger partial charge >= 0.3 is 0 Å². The Labute approximate surface area is 156 Å². The fourth-order valence-corrected chi connectivity index (χ4v) is 4.19. The van der Waals surface area contributed by atoms with Gasteiger partial charge in [0.15, 0.2) is 0 Å². The van der Waals surface area contributed by atoms with Crippen LogP contribution in [0.15, 0.2) is 16.6 Å². The van der Waals surface area contributed by atoms with Crippen molar-refractivity contribution in [1.82, 2.24) is 19.3 Å². The van der Waals surface area contributed by atoms with E-state index in [4.69, 9.17) is 11.6 Å². The predicted molar refractivity (Wildman–Crippen MR) is 101 cm³/mol. The van der Waals surface area contributed by atoms with Crippen molar-refractivity contribution in [2.45, 2.75) is 43.4 Å². The molecule has 0 spiro atoms. The zero-order valence-corrected chi connectivity index (χ0v) is 15.7. The van der Waals surface area contributed by atoms with Crippen LogP contribution in [0, 0.1) is 0 Å². The first-order valence-corrected chi connectivity index (χ1v) is 9.41. The maximum atomic E-state index is 12.5. The Hall–Kier alpha value is -2.21. The summed E-state index contributed by atoms with van der Waals surface area (Å²) in [6.45, 7) is 0. The van der Waals surface area contributed by atoms with Crippen LogP contribution >= 0.6 is 11.6 Å². The summed E-state index contributed by atoms with van der Waals surface area (Å²) < 4.78 is 1.91. The third-order valence-electron chi connectivity index (χ3n) is 5.25. The van der Waals surface area contributed by atoms with Gasteiger partial charge in [0.25, 0.3) is 11.5 Å². The highest BCUT2D eigenvalue weighted by Crippen LogP contribution is 2.31. The van der Waals surface area contributed by atoms with Gasteiger partial charge in [0.05, 0.1) is 22.6 Å². The molecule has 2 aromatic heterocycles. The second-order valence-electron chi connectivity index (χ2n) is 7.23. The summed E-state index contributed by atoms with van der Waals surface area (Å²) in [7, 11) is 3.35. The Morgan fingerprint density at radius 2 is 2.00 bits per heavy atom. The lowest BCUT2D eigenvalue weighted by Crippen LogP contribution is -2.35. The standard InChI is InChI=1S/C19H21ClN4O2/c1-23(2)19(26)12-8-14-15(9-13(12)20)24-16(18(25)22-14)10-21-17(24)11-6-4-3-5-7-11/h8-11,13H,3-7H2,1-2H3. The first kappa shape index (κ1) is 17.2. The van der Waals surface area contributed by atoms with Gasteiger partial charge in [-0.25, -0.2) is 9.97 Å². The van der Waals surface area contributed by atoms with Gasteiger partial charge in [0, 0.05) is 25.6 Å². The number of hydrogen-bond acceptors (Lipinski definition) is 4. The molecule has 2 aliphatic carbocycles. The average Bonchev–Trinajstić information content (AvgIpc) is 3.08. The third kappa shape index (κ3) is 2.72. The number of rotatable bonds is 2. The Balaban J connectivity index is 1.93. The fourth-order valence-electron chi connectivity index (χ4n) is 3.92. The van der Waals surface area contributed by atoms with E-state index < -0.39 is 5.38 Å². The molecule has 1 saturated carbocycles. The summed E-state index contributed by atoms with van der Waals surface area (Å²) in [4.78, 5) is 35.1. The molecule has 6 nitrogen and oxygen atoms in total. The van der Waals surface area contributed by atoms with Crippen molar-refractivity contribution in [2.24, 2.45) is 0 Å². The minimum absolute atomic E-state index is 0.181. The quantitative estimate of drug-likeness (QED) is 0.753. The summed E-state index contributed by atoms with van der Waals surface area (Å²) in [5.74, 6) is 1.07. The van der Waals surface area contributed by atoms with Crippen molar-refractivity contribution < 1.29 is 4.79 Å². The Morgan fingerprint density at radius 1 is 1.27 bits per heavy atom. The molecule has 136 valence electrons. The van der Waals surface area contributed by atoms with Crippen LogP contribution in [-0.2, 0) is 4.79 Å². The minimum atomic E-state index is -0.568. The second-order valence-corrected chi connectivity index (χ2v) is 7.70. The van der Waals surface area contributed by atoms with E-state index >= 15 is 0 Å². The SMILES string of the molecule is CN(C)C(=O)C1=Cc2nc(=O)c3cnc(C4CCCCC4)n3c2=CC1Cl. The van der Waals surface area contributed by atoms with Crippen molar-refractivity contribution in [3.63, 3.8) is 0 Å². The van der Waals surface area contributed by atoms with Crippen molar-refractivity contribution in [3.05, 3.63) is 39.0 Å². The number of carbonyl (C=O) groups is 1. The number of fused-ring (bicyclic) bond motifs is 3. The zero-order valence-electron chi connectivity index (χ0n) is 14.9. The van der Waals surface area contributed by atoms with E-state index in [0.29, 0.717) is 22.7 Å². The molecular formula is C19H21ClN4O2. The molecule has 2 heterocycles. The van der Waals surface area contributed by atoms with Gasteiger partial charge in [-0.15, -0.1) is 11.6 Å². The maximum Gasteiger partial charge on any atom is 0.296 e.